The van der Waals surface area contributed by atoms with Crippen molar-refractivity contribution in [3.8, 4) is 5.75 Å². The summed E-state index contributed by atoms with van der Waals surface area (Å²) < 4.78 is 2.58. The number of benzene rings is 1. The molecule has 5 aliphatic rings. The summed E-state index contributed by atoms with van der Waals surface area (Å²) in [5.74, 6) is 0.986. The number of fused-ring (bicyclic) bond motifs is 2. The van der Waals surface area contributed by atoms with Gasteiger partial charge in [-0.2, -0.15) is 0 Å². The average Bonchev–Trinajstić information content (AvgIpc) is 2.91. The Labute approximate surface area is 224 Å². The van der Waals surface area contributed by atoms with Gasteiger partial charge in [0.1, 0.15) is 5.75 Å². The number of hydrogen-bond donors (Lipinski definition) is 2. The predicted molar refractivity (Wildman–Crippen MR) is 149 cm³/mol. The number of nitrogens with zero attached hydrogens (tertiary/aromatic N) is 2. The fourth-order valence-electron chi connectivity index (χ4n) is 6.48. The van der Waals surface area contributed by atoms with Crippen molar-refractivity contribution >= 4 is 32.9 Å². The average molecular weight is 585 g/mol. The molecule has 4 fully saturated rings. The van der Waals surface area contributed by atoms with E-state index >= 15 is 0 Å². The molecule has 3 atom stereocenters. The zero-order valence-corrected chi connectivity index (χ0v) is 24.4. The Kier molecular flexibility index (Phi) is 11.6. The normalized spacial score (nSPS) is 28.5. The van der Waals surface area contributed by atoms with E-state index < -0.39 is 0 Å². The molecular weight excluding hydrogens is 539 g/mol. The summed E-state index contributed by atoms with van der Waals surface area (Å²) >= 11 is 0.0367. The molecule has 3 aliphatic carbocycles. The molecule has 1 aromatic carbocycles. The van der Waals surface area contributed by atoms with Crippen LogP contribution in [-0.2, 0) is 0 Å². The predicted octanol–water partition coefficient (Wildman–Crippen LogP) is 8.30. The van der Waals surface area contributed by atoms with Gasteiger partial charge in [-0.15, -0.1) is 25.2 Å². The molecule has 5 heteroatoms. The van der Waals surface area contributed by atoms with Crippen LogP contribution >= 0.6 is 0 Å². The van der Waals surface area contributed by atoms with E-state index in [1.807, 2.05) is 24.3 Å². The molecule has 3 unspecified atom stereocenters. The molecule has 35 heavy (non-hydrogen) atoms. The van der Waals surface area contributed by atoms with Gasteiger partial charge < -0.3 is 20.8 Å². The van der Waals surface area contributed by atoms with Crippen molar-refractivity contribution in [2.45, 2.75) is 116 Å². The van der Waals surface area contributed by atoms with Crippen LogP contribution in [0, 0.1) is 5.92 Å². The Morgan fingerprint density at radius 1 is 0.771 bits per heavy atom. The molecule has 0 bridgehead atoms. The van der Waals surface area contributed by atoms with Crippen LogP contribution in [0.25, 0.3) is 16.7 Å². The molecule has 0 amide bonds. The third kappa shape index (κ3) is 8.67. The Hall–Kier alpha value is -0.721. The minimum Gasteiger partial charge on any atom is -0.678 e. The van der Waals surface area contributed by atoms with Gasteiger partial charge in [0.15, 0.2) is 0 Å². The quantitative estimate of drug-likeness (QED) is 0.343. The number of aliphatic hydroxyl groups is 1. The first kappa shape index (κ1) is 27.3. The van der Waals surface area contributed by atoms with Crippen LogP contribution in [0.3, 0.4) is 0 Å². The maximum Gasteiger partial charge on any atom is 0.101 e. The Morgan fingerprint density at radius 2 is 1.46 bits per heavy atom. The number of phenolic OH excluding ortho intramolecular Hbond substituents is 1. The first-order valence-corrected chi connectivity index (χ1v) is 17.8. The van der Waals surface area contributed by atoms with E-state index in [-0.39, 0.29) is 33.0 Å². The van der Waals surface area contributed by atoms with Gasteiger partial charge in [0.25, 0.3) is 0 Å². The molecule has 0 radical (unpaired) electrons. The second-order valence-corrected chi connectivity index (χ2v) is 16.7. The smallest absolute Gasteiger partial charge is 0.101 e. The topological polar surface area (TPSA) is 68.7 Å². The maximum atomic E-state index is 9.61. The van der Waals surface area contributed by atoms with E-state index in [0.29, 0.717) is 18.5 Å². The second-order valence-electron chi connectivity index (χ2n) is 11.1. The van der Waals surface area contributed by atoms with Crippen molar-refractivity contribution in [2.24, 2.45) is 5.92 Å². The fraction of sp³-hybridized carbons (Fsp3) is 0.733. The summed E-state index contributed by atoms with van der Waals surface area (Å²) in [6.07, 6.45) is 25.7. The Bertz CT molecular complexity index is 756. The van der Waals surface area contributed by atoms with Crippen molar-refractivity contribution in [3.63, 3.8) is 0 Å². The van der Waals surface area contributed by atoms with Crippen molar-refractivity contribution in [2.75, 3.05) is 13.1 Å². The number of para-hydroxylation sites is 1. The van der Waals surface area contributed by atoms with Crippen molar-refractivity contribution in [1.29, 1.82) is 0 Å². The van der Waals surface area contributed by atoms with Gasteiger partial charge in [0.05, 0.1) is 0 Å². The summed E-state index contributed by atoms with van der Waals surface area (Å²) in [5, 5.41) is 27.6. The zero-order valence-electron chi connectivity index (χ0n) is 21.6. The van der Waals surface area contributed by atoms with Gasteiger partial charge in [0, 0.05) is 6.10 Å². The van der Waals surface area contributed by atoms with Gasteiger partial charge in [-0.25, -0.2) is 0 Å². The fourth-order valence-corrected chi connectivity index (χ4v) is 12.6. The van der Waals surface area contributed by atoms with Crippen LogP contribution in [0.2, 0.25) is 7.87 Å². The van der Waals surface area contributed by atoms with E-state index in [1.54, 1.807) is 70.3 Å². The summed E-state index contributed by atoms with van der Waals surface area (Å²) in [6, 6.07) is 5.72. The van der Waals surface area contributed by atoms with Crippen molar-refractivity contribution < 1.29 is 10.2 Å². The number of aromatic hydroxyl groups is 1. The van der Waals surface area contributed by atoms with Crippen molar-refractivity contribution in [1.82, 2.24) is 0 Å². The monoisotopic (exact) mass is 586 g/mol. The van der Waals surface area contributed by atoms with Crippen LogP contribution in [0.4, 0.5) is 5.69 Å². The first-order valence-electron chi connectivity index (χ1n) is 14.5. The van der Waals surface area contributed by atoms with Crippen LogP contribution in [0.15, 0.2) is 24.3 Å². The zero-order chi connectivity index (χ0) is 24.3. The van der Waals surface area contributed by atoms with Gasteiger partial charge in [-0.3, -0.25) is 0 Å². The van der Waals surface area contributed by atoms with E-state index in [1.165, 1.54) is 33.6 Å². The van der Waals surface area contributed by atoms with Gasteiger partial charge in [0.2, 0.25) is 0 Å². The van der Waals surface area contributed by atoms with Crippen LogP contribution in [-0.4, -0.2) is 56.6 Å². The Morgan fingerprint density at radius 3 is 2.11 bits per heavy atom. The minimum atomic E-state index is -0.117. The van der Waals surface area contributed by atoms with E-state index in [0.717, 1.165) is 24.2 Å². The number of phenols is 1. The summed E-state index contributed by atoms with van der Waals surface area (Å²) in [6.45, 7) is 1.66. The van der Waals surface area contributed by atoms with Gasteiger partial charge in [-0.1, -0.05) is 55.5 Å². The van der Waals surface area contributed by atoms with Gasteiger partial charge >= 0.3 is 93.2 Å². The molecule has 192 valence electrons. The van der Waals surface area contributed by atoms with Crippen LogP contribution in [0.1, 0.15) is 102 Å². The molecule has 1 aromatic rings. The molecule has 1 saturated heterocycles. The molecule has 4 nitrogen and oxygen atoms in total. The van der Waals surface area contributed by atoms with Crippen molar-refractivity contribution in [3.05, 3.63) is 40.5 Å². The SMILES string of the molecule is C1CC[CH]([Sn+2][CH]2CCCCC2)CC1.OC1CCCC2CCC[N-]C12.Oc1cccc2c1[N-]CC=C2. The number of rotatable bonds is 2. The number of piperidine rings is 1. The maximum absolute atomic E-state index is 9.61. The molecule has 0 aromatic heterocycles. The molecule has 6 rings (SSSR count). The van der Waals surface area contributed by atoms with E-state index in [9.17, 15) is 10.2 Å². The third-order valence-corrected chi connectivity index (χ3v) is 14.4. The molecule has 2 aliphatic heterocycles. The van der Waals surface area contributed by atoms with E-state index in [2.05, 4.69) is 10.6 Å². The Balaban J connectivity index is 0.000000124. The number of aliphatic hydroxyl groups excluding tert-OH is 1. The minimum absolute atomic E-state index is 0.0367. The second kappa shape index (κ2) is 14.9. The molecular formula is C30H46N2O2Sn. The summed E-state index contributed by atoms with van der Waals surface area (Å²) in [5.41, 5.74) is 1.71. The summed E-state index contributed by atoms with van der Waals surface area (Å²) in [4.78, 5) is 0. The molecule has 0 spiro atoms. The van der Waals surface area contributed by atoms with Crippen LogP contribution < -0.4 is 0 Å². The summed E-state index contributed by atoms with van der Waals surface area (Å²) in [7, 11) is 0. The molecule has 3 saturated carbocycles. The first-order chi connectivity index (χ1) is 17.2. The third-order valence-electron chi connectivity index (χ3n) is 8.40. The molecule has 2 N–H and O–H groups in total. The van der Waals surface area contributed by atoms with Gasteiger partial charge in [-0.05, 0) is 18.1 Å². The standard InChI is InChI=1S/C9H16NO.C9H8NO.2C6H11.Sn/c2*11-8-5-1-3-7-4-2-6-10-9(7)8;2*1-2-4-6-5-3-1;/h7-9,11H,1-6H2;1-5,11H,6H2;2*1H,2-6H2;/q2*-1;;;+2. The van der Waals surface area contributed by atoms with Crippen LogP contribution in [0.5, 0.6) is 5.75 Å². The number of hydrogen-bond acceptors (Lipinski definition) is 2. The largest absolute Gasteiger partial charge is 0.678 e. The van der Waals surface area contributed by atoms with E-state index in [4.69, 9.17) is 0 Å². The molecule has 2 heterocycles.